The molecule has 3 aromatic rings. The largest absolute Gasteiger partial charge is 0.341 e. The fourth-order valence-electron chi connectivity index (χ4n) is 2.46. The molecule has 5 nitrogen and oxygen atoms in total. The molecule has 7 heteroatoms. The first-order valence-corrected chi connectivity index (χ1v) is 8.91. The topological polar surface area (TPSA) is 53.9 Å². The molecule has 0 aliphatic rings. The molecule has 0 atom stereocenters. The van der Waals surface area contributed by atoms with Gasteiger partial charge in [-0.05, 0) is 29.2 Å². The summed E-state index contributed by atoms with van der Waals surface area (Å²) in [5, 5.41) is 9.09. The molecule has 1 amide bonds. The Morgan fingerprint density at radius 2 is 2.08 bits per heavy atom. The Hall–Kier alpha value is -2.25. The SMILES string of the molecule is CN(Cc1ccccc1)C(=O)CCn1c(-c2cccs2)n[nH]c1=S. The maximum Gasteiger partial charge on any atom is 0.224 e. The first-order chi connectivity index (χ1) is 11.6. The zero-order chi connectivity index (χ0) is 16.9. The first kappa shape index (κ1) is 16.6. The van der Waals surface area contributed by atoms with E-state index in [1.807, 2.05) is 59.5 Å². The number of rotatable bonds is 6. The van der Waals surface area contributed by atoms with Crippen LogP contribution >= 0.6 is 23.6 Å². The predicted molar refractivity (Wildman–Crippen MR) is 98.3 cm³/mol. The summed E-state index contributed by atoms with van der Waals surface area (Å²) < 4.78 is 2.42. The number of benzene rings is 1. The van der Waals surface area contributed by atoms with Crippen LogP contribution in [-0.2, 0) is 17.9 Å². The van der Waals surface area contributed by atoms with Crippen molar-refractivity contribution in [3.8, 4) is 10.7 Å². The molecule has 2 heterocycles. The average molecular weight is 358 g/mol. The molecule has 0 bridgehead atoms. The van der Waals surface area contributed by atoms with E-state index in [-0.39, 0.29) is 5.91 Å². The number of hydrogen-bond donors (Lipinski definition) is 1. The molecule has 2 aromatic heterocycles. The minimum atomic E-state index is 0.0825. The maximum absolute atomic E-state index is 12.4. The number of aromatic nitrogens is 3. The predicted octanol–water partition coefficient (Wildman–Crippen LogP) is 3.72. The van der Waals surface area contributed by atoms with Crippen LogP contribution in [0.5, 0.6) is 0 Å². The van der Waals surface area contributed by atoms with E-state index in [4.69, 9.17) is 12.2 Å². The molecule has 124 valence electrons. The van der Waals surface area contributed by atoms with Crippen molar-refractivity contribution in [1.29, 1.82) is 0 Å². The number of hydrogen-bond acceptors (Lipinski definition) is 4. The molecule has 0 spiro atoms. The van der Waals surface area contributed by atoms with E-state index in [1.54, 1.807) is 16.2 Å². The van der Waals surface area contributed by atoms with Gasteiger partial charge in [-0.3, -0.25) is 14.5 Å². The lowest BCUT2D eigenvalue weighted by Crippen LogP contribution is -2.27. The van der Waals surface area contributed by atoms with E-state index in [0.717, 1.165) is 16.3 Å². The molecule has 24 heavy (non-hydrogen) atoms. The normalized spacial score (nSPS) is 10.7. The lowest BCUT2D eigenvalue weighted by Gasteiger charge is -2.17. The van der Waals surface area contributed by atoms with Gasteiger partial charge in [0.15, 0.2) is 10.6 Å². The number of carbonyl (C=O) groups is 1. The quantitative estimate of drug-likeness (QED) is 0.683. The van der Waals surface area contributed by atoms with Crippen molar-refractivity contribution in [2.75, 3.05) is 7.05 Å². The summed E-state index contributed by atoms with van der Waals surface area (Å²) in [7, 11) is 1.82. The fourth-order valence-corrected chi connectivity index (χ4v) is 3.41. The van der Waals surface area contributed by atoms with Crippen molar-refractivity contribution in [3.63, 3.8) is 0 Å². The number of nitrogens with one attached hydrogen (secondary N) is 1. The Kier molecular flexibility index (Phi) is 5.22. The van der Waals surface area contributed by atoms with Crippen LogP contribution in [0.4, 0.5) is 0 Å². The van der Waals surface area contributed by atoms with E-state index in [9.17, 15) is 4.79 Å². The summed E-state index contributed by atoms with van der Waals surface area (Å²) in [6.45, 7) is 1.12. The highest BCUT2D eigenvalue weighted by Gasteiger charge is 2.13. The molecule has 0 fully saturated rings. The summed E-state index contributed by atoms with van der Waals surface area (Å²) in [6.07, 6.45) is 0.384. The highest BCUT2D eigenvalue weighted by Crippen LogP contribution is 2.23. The summed E-state index contributed by atoms with van der Waals surface area (Å²) in [5.74, 6) is 0.868. The minimum absolute atomic E-state index is 0.0825. The van der Waals surface area contributed by atoms with Gasteiger partial charge in [-0.15, -0.1) is 11.3 Å². The molecule has 1 aromatic carbocycles. The third-order valence-electron chi connectivity index (χ3n) is 3.74. The number of nitrogens with zero attached hydrogens (tertiary/aromatic N) is 3. The molecule has 0 saturated heterocycles. The lowest BCUT2D eigenvalue weighted by molar-refractivity contribution is -0.130. The molecule has 0 aliphatic heterocycles. The van der Waals surface area contributed by atoms with E-state index in [1.165, 1.54) is 0 Å². The van der Waals surface area contributed by atoms with Gasteiger partial charge in [0.1, 0.15) is 0 Å². The van der Waals surface area contributed by atoms with Crippen LogP contribution in [-0.4, -0.2) is 32.6 Å². The molecule has 0 saturated carbocycles. The minimum Gasteiger partial charge on any atom is -0.341 e. The van der Waals surface area contributed by atoms with Gasteiger partial charge in [-0.2, -0.15) is 5.10 Å². The molecule has 0 unspecified atom stereocenters. The number of amides is 1. The van der Waals surface area contributed by atoms with Gasteiger partial charge in [0.05, 0.1) is 4.88 Å². The van der Waals surface area contributed by atoms with E-state index >= 15 is 0 Å². The molecular weight excluding hydrogens is 340 g/mol. The van der Waals surface area contributed by atoms with Gasteiger partial charge >= 0.3 is 0 Å². The Labute approximate surface area is 149 Å². The monoisotopic (exact) mass is 358 g/mol. The van der Waals surface area contributed by atoms with Crippen LogP contribution in [0.15, 0.2) is 47.8 Å². The Morgan fingerprint density at radius 1 is 1.29 bits per heavy atom. The third kappa shape index (κ3) is 3.80. The number of H-pyrrole nitrogens is 1. The van der Waals surface area contributed by atoms with Crippen LogP contribution < -0.4 is 0 Å². The lowest BCUT2D eigenvalue weighted by atomic mass is 10.2. The second-order valence-corrected chi connectivity index (χ2v) is 6.80. The van der Waals surface area contributed by atoms with E-state index < -0.39 is 0 Å². The van der Waals surface area contributed by atoms with Gasteiger partial charge in [0, 0.05) is 26.6 Å². The summed E-state index contributed by atoms with van der Waals surface area (Å²) in [6, 6.07) is 13.9. The highest BCUT2D eigenvalue weighted by molar-refractivity contribution is 7.71. The fraction of sp³-hybridized carbons (Fsp3) is 0.235. The first-order valence-electron chi connectivity index (χ1n) is 7.62. The third-order valence-corrected chi connectivity index (χ3v) is 4.91. The second kappa shape index (κ2) is 7.55. The van der Waals surface area contributed by atoms with Crippen molar-refractivity contribution in [1.82, 2.24) is 19.7 Å². The van der Waals surface area contributed by atoms with Crippen molar-refractivity contribution < 1.29 is 4.79 Å². The van der Waals surface area contributed by atoms with Gasteiger partial charge < -0.3 is 4.90 Å². The highest BCUT2D eigenvalue weighted by atomic mass is 32.1. The zero-order valence-corrected chi connectivity index (χ0v) is 14.9. The van der Waals surface area contributed by atoms with Crippen molar-refractivity contribution in [3.05, 3.63) is 58.2 Å². The number of carbonyl (C=O) groups excluding carboxylic acids is 1. The molecule has 0 aliphatic carbocycles. The zero-order valence-electron chi connectivity index (χ0n) is 13.3. The molecule has 1 N–H and O–H groups in total. The van der Waals surface area contributed by atoms with Crippen molar-refractivity contribution in [2.24, 2.45) is 0 Å². The van der Waals surface area contributed by atoms with Crippen molar-refractivity contribution >= 4 is 29.5 Å². The Morgan fingerprint density at radius 3 is 2.79 bits per heavy atom. The van der Waals surface area contributed by atoms with Crippen LogP contribution in [0, 0.1) is 4.77 Å². The van der Waals surface area contributed by atoms with E-state index in [0.29, 0.717) is 24.3 Å². The molecule has 0 radical (unpaired) electrons. The molecular formula is C17H18N4OS2. The maximum atomic E-state index is 12.4. The Bertz CT molecular complexity index is 852. The summed E-state index contributed by atoms with van der Waals surface area (Å²) >= 11 is 6.89. The van der Waals surface area contributed by atoms with E-state index in [2.05, 4.69) is 10.2 Å². The van der Waals surface area contributed by atoms with Crippen molar-refractivity contribution in [2.45, 2.75) is 19.5 Å². The van der Waals surface area contributed by atoms with Crippen LogP contribution in [0.1, 0.15) is 12.0 Å². The second-order valence-electron chi connectivity index (χ2n) is 5.47. The van der Waals surface area contributed by atoms with Gasteiger partial charge in [0.2, 0.25) is 5.91 Å². The van der Waals surface area contributed by atoms with Gasteiger partial charge in [-0.25, -0.2) is 0 Å². The summed E-state index contributed by atoms with van der Waals surface area (Å²) in [5.41, 5.74) is 1.12. The number of aromatic amines is 1. The van der Waals surface area contributed by atoms with Crippen LogP contribution in [0.3, 0.4) is 0 Å². The molecule has 3 rings (SSSR count). The van der Waals surface area contributed by atoms with Gasteiger partial charge in [-0.1, -0.05) is 36.4 Å². The van der Waals surface area contributed by atoms with Crippen LogP contribution in [0.25, 0.3) is 10.7 Å². The van der Waals surface area contributed by atoms with Crippen LogP contribution in [0.2, 0.25) is 0 Å². The smallest absolute Gasteiger partial charge is 0.224 e. The average Bonchev–Trinajstić information content (AvgIpc) is 3.23. The number of thiophene rings is 1. The van der Waals surface area contributed by atoms with Gasteiger partial charge in [0.25, 0.3) is 0 Å². The Balaban J connectivity index is 1.65. The summed E-state index contributed by atoms with van der Waals surface area (Å²) in [4.78, 5) is 15.2. The standard InChI is InChI=1S/C17H18N4OS2/c1-20(12-13-6-3-2-4-7-13)15(22)9-10-21-16(18-19-17(21)23)14-8-5-11-24-14/h2-8,11H,9-10,12H2,1H3,(H,19,23).